The van der Waals surface area contributed by atoms with Crippen molar-refractivity contribution in [3.63, 3.8) is 0 Å². The predicted octanol–water partition coefficient (Wildman–Crippen LogP) is 0.409. The van der Waals surface area contributed by atoms with Crippen LogP contribution in [0.3, 0.4) is 0 Å². The van der Waals surface area contributed by atoms with Crippen LogP contribution >= 0.6 is 0 Å². The monoisotopic (exact) mass is 199 g/mol. The molecule has 0 aliphatic rings. The van der Waals surface area contributed by atoms with Crippen molar-refractivity contribution in [3.8, 4) is 0 Å². The summed E-state index contributed by atoms with van der Waals surface area (Å²) in [6.45, 7) is 5.01. The van der Waals surface area contributed by atoms with E-state index < -0.39 is 5.54 Å². The van der Waals surface area contributed by atoms with Gasteiger partial charge < -0.3 is 10.4 Å². The zero-order valence-electron chi connectivity index (χ0n) is 8.83. The van der Waals surface area contributed by atoms with E-state index in [0.29, 0.717) is 6.42 Å². The van der Waals surface area contributed by atoms with Crippen LogP contribution in [-0.4, -0.2) is 28.9 Å². The number of hydrogen-bond acceptors (Lipinski definition) is 3. The van der Waals surface area contributed by atoms with Crippen LogP contribution in [0.5, 0.6) is 0 Å². The van der Waals surface area contributed by atoms with Crippen molar-refractivity contribution < 1.29 is 14.7 Å². The van der Waals surface area contributed by atoms with Crippen molar-refractivity contribution in [1.82, 2.24) is 5.32 Å². The van der Waals surface area contributed by atoms with Gasteiger partial charge in [0.05, 0.1) is 0 Å². The van der Waals surface area contributed by atoms with Crippen molar-refractivity contribution in [2.75, 3.05) is 6.61 Å². The Morgan fingerprint density at radius 3 is 2.36 bits per heavy atom. The number of aliphatic hydroxyl groups excluding tert-OH is 1. The first-order chi connectivity index (χ1) is 6.37. The average Bonchev–Trinajstić information content (AvgIpc) is 1.99. The van der Waals surface area contributed by atoms with Gasteiger partial charge in [0.15, 0.2) is 5.78 Å². The zero-order chi connectivity index (χ0) is 11.2. The van der Waals surface area contributed by atoms with Crippen LogP contribution in [0.2, 0.25) is 0 Å². The normalized spacial score (nSPS) is 11.7. The van der Waals surface area contributed by atoms with Gasteiger partial charge in [-0.3, -0.25) is 9.59 Å². The Balaban J connectivity index is 4.11. The van der Waals surface area contributed by atoms with Gasteiger partial charge in [0, 0.05) is 18.2 Å². The van der Waals surface area contributed by atoms with Gasteiger partial charge in [-0.25, -0.2) is 0 Å². The number of amides is 1. The molecule has 80 valence electrons. The molecule has 0 bridgehead atoms. The standard InChI is InChI=1S/C10H17NO3/c1-8(13)4-5-9(14)11-10(2,3)6-7-12/h4-5,12H,6-7H2,1-3H3,(H,11,14)/b5-4-. The Hall–Kier alpha value is -1.16. The summed E-state index contributed by atoms with van der Waals surface area (Å²) < 4.78 is 0. The van der Waals surface area contributed by atoms with Gasteiger partial charge in [-0.2, -0.15) is 0 Å². The fourth-order valence-electron chi connectivity index (χ4n) is 0.910. The molecule has 4 nitrogen and oxygen atoms in total. The molecule has 0 aromatic carbocycles. The third kappa shape index (κ3) is 6.37. The van der Waals surface area contributed by atoms with Gasteiger partial charge in [0.1, 0.15) is 0 Å². The molecule has 0 heterocycles. The van der Waals surface area contributed by atoms with Crippen molar-refractivity contribution in [1.29, 1.82) is 0 Å². The molecule has 0 fully saturated rings. The molecule has 0 saturated carbocycles. The molecule has 0 aromatic heterocycles. The second kappa shape index (κ2) is 5.54. The summed E-state index contributed by atoms with van der Waals surface area (Å²) in [6, 6.07) is 0. The first-order valence-corrected chi connectivity index (χ1v) is 4.49. The van der Waals surface area contributed by atoms with Crippen LogP contribution < -0.4 is 5.32 Å². The molecule has 0 unspecified atom stereocenters. The number of allylic oxidation sites excluding steroid dienone is 1. The van der Waals surface area contributed by atoms with Gasteiger partial charge in [-0.15, -0.1) is 0 Å². The van der Waals surface area contributed by atoms with Crippen LogP contribution in [0, 0.1) is 0 Å². The van der Waals surface area contributed by atoms with Crippen LogP contribution in [0.4, 0.5) is 0 Å². The first-order valence-electron chi connectivity index (χ1n) is 4.49. The average molecular weight is 199 g/mol. The van der Waals surface area contributed by atoms with E-state index in [1.54, 1.807) is 0 Å². The number of ketones is 1. The first kappa shape index (κ1) is 12.8. The van der Waals surface area contributed by atoms with Crippen LogP contribution in [0.1, 0.15) is 27.2 Å². The molecule has 0 spiro atoms. The molecule has 0 aromatic rings. The maximum Gasteiger partial charge on any atom is 0.244 e. The number of hydrogen-bond donors (Lipinski definition) is 2. The summed E-state index contributed by atoms with van der Waals surface area (Å²) in [5, 5.41) is 11.4. The number of rotatable bonds is 5. The highest BCUT2D eigenvalue weighted by Crippen LogP contribution is 2.06. The lowest BCUT2D eigenvalue weighted by molar-refractivity contribution is -0.118. The SMILES string of the molecule is CC(=O)/C=C\C(=O)NC(C)(C)CCO. The molecule has 0 rings (SSSR count). The molecule has 0 aliphatic heterocycles. The number of carbonyl (C=O) groups excluding carboxylic acids is 2. The Bertz CT molecular complexity index is 244. The quantitative estimate of drug-likeness (QED) is 0.630. The van der Waals surface area contributed by atoms with Gasteiger partial charge in [-0.1, -0.05) is 0 Å². The second-order valence-corrected chi connectivity index (χ2v) is 3.79. The van der Waals surface area contributed by atoms with Gasteiger partial charge >= 0.3 is 0 Å². The maximum absolute atomic E-state index is 11.2. The summed E-state index contributed by atoms with van der Waals surface area (Å²) in [4.78, 5) is 21.7. The molecule has 4 heteroatoms. The molecule has 0 atom stereocenters. The van der Waals surface area contributed by atoms with Gasteiger partial charge in [-0.05, 0) is 33.3 Å². The molecule has 2 N–H and O–H groups in total. The Morgan fingerprint density at radius 1 is 1.36 bits per heavy atom. The third-order valence-corrected chi connectivity index (χ3v) is 1.67. The van der Waals surface area contributed by atoms with Gasteiger partial charge in [0.25, 0.3) is 0 Å². The number of carbonyl (C=O) groups is 2. The van der Waals surface area contributed by atoms with Crippen LogP contribution in [0.15, 0.2) is 12.2 Å². The smallest absolute Gasteiger partial charge is 0.244 e. The fourth-order valence-corrected chi connectivity index (χ4v) is 0.910. The van der Waals surface area contributed by atoms with E-state index in [-0.39, 0.29) is 18.3 Å². The highest BCUT2D eigenvalue weighted by atomic mass is 16.3. The van der Waals surface area contributed by atoms with Gasteiger partial charge in [0.2, 0.25) is 5.91 Å². The Kier molecular flexibility index (Phi) is 5.09. The number of nitrogens with one attached hydrogen (secondary N) is 1. The zero-order valence-corrected chi connectivity index (χ0v) is 8.83. The van der Waals surface area contributed by atoms with Crippen molar-refractivity contribution >= 4 is 11.7 Å². The molecule has 0 radical (unpaired) electrons. The largest absolute Gasteiger partial charge is 0.396 e. The highest BCUT2D eigenvalue weighted by molar-refractivity contribution is 5.96. The topological polar surface area (TPSA) is 66.4 Å². The number of aliphatic hydroxyl groups is 1. The minimum Gasteiger partial charge on any atom is -0.396 e. The lowest BCUT2D eigenvalue weighted by Crippen LogP contribution is -2.43. The maximum atomic E-state index is 11.2. The van der Waals surface area contributed by atoms with Crippen molar-refractivity contribution in [2.45, 2.75) is 32.7 Å². The lowest BCUT2D eigenvalue weighted by atomic mass is 10.0. The van der Waals surface area contributed by atoms with E-state index in [9.17, 15) is 9.59 Å². The molecule has 0 aliphatic carbocycles. The van der Waals surface area contributed by atoms with Crippen LogP contribution in [-0.2, 0) is 9.59 Å². The molecule has 0 saturated heterocycles. The van der Waals surface area contributed by atoms with E-state index in [0.717, 1.165) is 0 Å². The summed E-state index contributed by atoms with van der Waals surface area (Å²) in [6.07, 6.45) is 2.89. The molecule has 14 heavy (non-hydrogen) atoms. The van der Waals surface area contributed by atoms with Crippen molar-refractivity contribution in [2.24, 2.45) is 0 Å². The highest BCUT2D eigenvalue weighted by Gasteiger charge is 2.17. The van der Waals surface area contributed by atoms with E-state index in [4.69, 9.17) is 5.11 Å². The fraction of sp³-hybridized carbons (Fsp3) is 0.600. The minimum absolute atomic E-state index is 0.0176. The summed E-state index contributed by atoms with van der Waals surface area (Å²) in [5.74, 6) is -0.487. The predicted molar refractivity (Wildman–Crippen MR) is 53.7 cm³/mol. The van der Waals surface area contributed by atoms with E-state index in [1.807, 2.05) is 13.8 Å². The summed E-state index contributed by atoms with van der Waals surface area (Å²) in [5.41, 5.74) is -0.451. The Labute approximate surface area is 84.0 Å². The second-order valence-electron chi connectivity index (χ2n) is 3.79. The lowest BCUT2D eigenvalue weighted by Gasteiger charge is -2.24. The Morgan fingerprint density at radius 2 is 1.93 bits per heavy atom. The molecular weight excluding hydrogens is 182 g/mol. The third-order valence-electron chi connectivity index (χ3n) is 1.67. The minimum atomic E-state index is -0.451. The van der Waals surface area contributed by atoms with Crippen LogP contribution in [0.25, 0.3) is 0 Å². The summed E-state index contributed by atoms with van der Waals surface area (Å²) >= 11 is 0. The molecular formula is C10H17NO3. The van der Waals surface area contributed by atoms with E-state index in [1.165, 1.54) is 19.1 Å². The van der Waals surface area contributed by atoms with E-state index in [2.05, 4.69) is 5.32 Å². The van der Waals surface area contributed by atoms with Crippen molar-refractivity contribution in [3.05, 3.63) is 12.2 Å². The molecule has 1 amide bonds. The van der Waals surface area contributed by atoms with E-state index >= 15 is 0 Å². The summed E-state index contributed by atoms with van der Waals surface area (Å²) in [7, 11) is 0.